The number of carbonyl (C=O) groups excluding carboxylic acids is 1. The van der Waals surface area contributed by atoms with Crippen LogP contribution < -0.4 is 5.32 Å². The maximum Gasteiger partial charge on any atom is 0.256 e. The van der Waals surface area contributed by atoms with Crippen LogP contribution in [0, 0.1) is 13.8 Å². The first kappa shape index (κ1) is 18.9. The van der Waals surface area contributed by atoms with Crippen LogP contribution in [0.2, 0.25) is 5.02 Å². The van der Waals surface area contributed by atoms with Gasteiger partial charge in [0, 0.05) is 30.2 Å². The van der Waals surface area contributed by atoms with Crippen molar-refractivity contribution in [1.29, 1.82) is 0 Å². The molecule has 1 aromatic carbocycles. The Morgan fingerprint density at radius 1 is 1.10 bits per heavy atom. The van der Waals surface area contributed by atoms with E-state index in [1.165, 1.54) is 0 Å². The zero-order valence-electron chi connectivity index (χ0n) is 16.0. The number of aryl methyl sites for hydroxylation is 1. The minimum atomic E-state index is -0.227. The first-order valence-corrected chi connectivity index (χ1v) is 9.45. The number of halogens is 1. The average Bonchev–Trinajstić information content (AvgIpc) is 3.28. The summed E-state index contributed by atoms with van der Waals surface area (Å²) in [6.45, 7) is 4.36. The van der Waals surface area contributed by atoms with E-state index in [0.29, 0.717) is 22.9 Å². The molecule has 0 bridgehead atoms. The Hall–Kier alpha value is -3.45. The number of anilines is 1. The van der Waals surface area contributed by atoms with Crippen LogP contribution in [0.4, 0.5) is 5.82 Å². The van der Waals surface area contributed by atoms with Gasteiger partial charge in [0.15, 0.2) is 5.82 Å². The zero-order chi connectivity index (χ0) is 20.4. The van der Waals surface area contributed by atoms with Crippen LogP contribution in [-0.4, -0.2) is 30.5 Å². The van der Waals surface area contributed by atoms with Gasteiger partial charge >= 0.3 is 0 Å². The Kier molecular flexibility index (Phi) is 5.14. The molecular weight excluding hydrogens is 388 g/mol. The molecule has 0 fully saturated rings. The van der Waals surface area contributed by atoms with E-state index in [9.17, 15) is 4.79 Å². The molecule has 0 radical (unpaired) electrons. The third-order valence-corrected chi connectivity index (χ3v) is 5.07. The van der Waals surface area contributed by atoms with Gasteiger partial charge in [0.2, 0.25) is 0 Å². The van der Waals surface area contributed by atoms with Gasteiger partial charge < -0.3 is 5.32 Å². The number of benzene rings is 1. The highest BCUT2D eigenvalue weighted by Gasteiger charge is 2.12. The van der Waals surface area contributed by atoms with Crippen molar-refractivity contribution in [3.05, 3.63) is 88.6 Å². The molecule has 0 saturated heterocycles. The molecule has 146 valence electrons. The lowest BCUT2D eigenvalue weighted by Gasteiger charge is -2.06. The van der Waals surface area contributed by atoms with Gasteiger partial charge in [-0.3, -0.25) is 14.5 Å². The summed E-state index contributed by atoms with van der Waals surface area (Å²) in [7, 11) is 0. The molecule has 4 aromatic rings. The highest BCUT2D eigenvalue weighted by atomic mass is 35.5. The summed E-state index contributed by atoms with van der Waals surface area (Å²) in [4.78, 5) is 16.6. The number of pyridine rings is 1. The highest BCUT2D eigenvalue weighted by molar-refractivity contribution is 6.31. The topological polar surface area (TPSA) is 77.6 Å². The van der Waals surface area contributed by atoms with Gasteiger partial charge in [0.05, 0.1) is 28.6 Å². The van der Waals surface area contributed by atoms with Crippen LogP contribution >= 0.6 is 11.6 Å². The van der Waals surface area contributed by atoms with Crippen LogP contribution in [0.25, 0.3) is 5.69 Å². The predicted molar refractivity (Wildman–Crippen MR) is 112 cm³/mol. The van der Waals surface area contributed by atoms with Crippen molar-refractivity contribution in [2.24, 2.45) is 0 Å². The van der Waals surface area contributed by atoms with Gasteiger partial charge in [0.25, 0.3) is 5.91 Å². The number of carbonyl (C=O) groups is 1. The molecular formula is C21H19ClN6O. The molecule has 8 heteroatoms. The van der Waals surface area contributed by atoms with Crippen molar-refractivity contribution in [3.8, 4) is 5.69 Å². The van der Waals surface area contributed by atoms with Crippen LogP contribution in [0.5, 0.6) is 0 Å². The quantitative estimate of drug-likeness (QED) is 0.542. The van der Waals surface area contributed by atoms with E-state index in [-0.39, 0.29) is 5.91 Å². The summed E-state index contributed by atoms with van der Waals surface area (Å²) >= 11 is 6.21. The normalized spacial score (nSPS) is 10.9. The lowest BCUT2D eigenvalue weighted by atomic mass is 10.2. The molecule has 3 heterocycles. The van der Waals surface area contributed by atoms with Gasteiger partial charge in [-0.2, -0.15) is 10.2 Å². The molecule has 0 aliphatic carbocycles. The van der Waals surface area contributed by atoms with Crippen molar-refractivity contribution in [3.63, 3.8) is 0 Å². The first-order chi connectivity index (χ1) is 14.0. The summed E-state index contributed by atoms with van der Waals surface area (Å²) in [6, 6.07) is 12.8. The fraction of sp³-hybridized carbons (Fsp3) is 0.143. The van der Waals surface area contributed by atoms with Gasteiger partial charge in [0.1, 0.15) is 0 Å². The third-order valence-electron chi connectivity index (χ3n) is 4.53. The Morgan fingerprint density at radius 2 is 1.90 bits per heavy atom. The standard InChI is InChI=1S/C21H19ClN6O/c1-14-20(22)15(2)28(25-14)18-7-5-17(6-8-18)21(29)24-19-9-11-27(26-19)13-16-4-3-10-23-12-16/h3-12H,13H2,1-2H3,(H,24,26,29). The Bertz CT molecular complexity index is 1150. The third kappa shape index (κ3) is 4.05. The van der Waals surface area contributed by atoms with Gasteiger partial charge in [-0.15, -0.1) is 0 Å². The van der Waals surface area contributed by atoms with Crippen molar-refractivity contribution >= 4 is 23.3 Å². The van der Waals surface area contributed by atoms with Crippen LogP contribution in [0.3, 0.4) is 0 Å². The van der Waals surface area contributed by atoms with Gasteiger partial charge in [-0.1, -0.05) is 17.7 Å². The number of nitrogens with one attached hydrogen (secondary N) is 1. The first-order valence-electron chi connectivity index (χ1n) is 9.07. The summed E-state index contributed by atoms with van der Waals surface area (Å²) in [5.74, 6) is 0.267. The van der Waals surface area contributed by atoms with Crippen molar-refractivity contribution in [2.45, 2.75) is 20.4 Å². The fourth-order valence-corrected chi connectivity index (χ4v) is 3.13. The molecule has 7 nitrogen and oxygen atoms in total. The van der Waals surface area contributed by atoms with E-state index < -0.39 is 0 Å². The number of nitrogens with zero attached hydrogens (tertiary/aromatic N) is 5. The lowest BCUT2D eigenvalue weighted by molar-refractivity contribution is 0.102. The van der Waals surface area contributed by atoms with Crippen LogP contribution in [0.15, 0.2) is 61.1 Å². The molecule has 0 saturated carbocycles. The molecule has 0 unspecified atom stereocenters. The second-order valence-corrected chi connectivity index (χ2v) is 7.04. The van der Waals surface area contributed by atoms with Crippen molar-refractivity contribution < 1.29 is 4.79 Å². The maximum absolute atomic E-state index is 12.5. The zero-order valence-corrected chi connectivity index (χ0v) is 16.8. The average molecular weight is 407 g/mol. The van der Waals surface area contributed by atoms with E-state index in [1.54, 1.807) is 40.0 Å². The largest absolute Gasteiger partial charge is 0.305 e. The molecule has 0 aliphatic rings. The summed E-state index contributed by atoms with van der Waals surface area (Å²) < 4.78 is 3.52. The fourth-order valence-electron chi connectivity index (χ4n) is 3.01. The molecule has 29 heavy (non-hydrogen) atoms. The van der Waals surface area contributed by atoms with Crippen LogP contribution in [-0.2, 0) is 6.54 Å². The summed E-state index contributed by atoms with van der Waals surface area (Å²) in [6.07, 6.45) is 5.34. The highest BCUT2D eigenvalue weighted by Crippen LogP contribution is 2.22. The molecule has 3 aromatic heterocycles. The van der Waals surface area contributed by atoms with E-state index >= 15 is 0 Å². The van der Waals surface area contributed by atoms with E-state index in [4.69, 9.17) is 11.6 Å². The number of rotatable bonds is 5. The molecule has 4 rings (SSSR count). The van der Waals surface area contributed by atoms with E-state index in [0.717, 1.165) is 22.6 Å². The smallest absolute Gasteiger partial charge is 0.256 e. The number of amides is 1. The molecule has 1 N–H and O–H groups in total. The monoisotopic (exact) mass is 406 g/mol. The number of hydrogen-bond donors (Lipinski definition) is 1. The Balaban J connectivity index is 1.44. The number of hydrogen-bond acceptors (Lipinski definition) is 4. The second kappa shape index (κ2) is 7.89. The van der Waals surface area contributed by atoms with Gasteiger partial charge in [-0.05, 0) is 49.7 Å². The van der Waals surface area contributed by atoms with Crippen molar-refractivity contribution in [1.82, 2.24) is 24.5 Å². The molecule has 0 spiro atoms. The second-order valence-electron chi connectivity index (χ2n) is 6.66. The molecule has 1 amide bonds. The van der Waals surface area contributed by atoms with E-state index in [1.807, 2.05) is 44.3 Å². The lowest BCUT2D eigenvalue weighted by Crippen LogP contribution is -2.13. The SMILES string of the molecule is Cc1nn(-c2ccc(C(=O)Nc3ccn(Cc4cccnc4)n3)cc2)c(C)c1Cl. The molecule has 0 aliphatic heterocycles. The van der Waals surface area contributed by atoms with Crippen molar-refractivity contribution in [2.75, 3.05) is 5.32 Å². The maximum atomic E-state index is 12.5. The van der Waals surface area contributed by atoms with Crippen LogP contribution in [0.1, 0.15) is 27.3 Å². The van der Waals surface area contributed by atoms with Gasteiger partial charge in [-0.25, -0.2) is 4.68 Å². The Labute approximate surface area is 173 Å². The van der Waals surface area contributed by atoms with E-state index in [2.05, 4.69) is 20.5 Å². The number of aromatic nitrogens is 5. The minimum Gasteiger partial charge on any atom is -0.305 e. The predicted octanol–water partition coefficient (Wildman–Crippen LogP) is 4.03. The summed E-state index contributed by atoms with van der Waals surface area (Å²) in [5.41, 5.74) is 4.04. The Morgan fingerprint density at radius 3 is 2.55 bits per heavy atom. The molecule has 0 atom stereocenters. The summed E-state index contributed by atoms with van der Waals surface area (Å²) in [5, 5.41) is 12.3. The minimum absolute atomic E-state index is 0.227.